The lowest BCUT2D eigenvalue weighted by atomic mass is 10.1. The molecular weight excluding hydrogens is 310 g/mol. The van der Waals surface area contributed by atoms with Crippen molar-refractivity contribution < 1.29 is 4.79 Å². The number of carbonyl (C=O) groups excluding carboxylic acids is 1. The van der Waals surface area contributed by atoms with Crippen LogP contribution in [0.25, 0.3) is 0 Å². The van der Waals surface area contributed by atoms with Gasteiger partial charge in [-0.1, -0.05) is 31.9 Å². The summed E-state index contributed by atoms with van der Waals surface area (Å²) < 4.78 is 0.866. The van der Waals surface area contributed by atoms with Crippen molar-refractivity contribution in [2.24, 2.45) is 0 Å². The maximum Gasteiger partial charge on any atom is 0.147 e. The molecule has 0 heterocycles. The summed E-state index contributed by atoms with van der Waals surface area (Å²) in [6, 6.07) is 7.27. The van der Waals surface area contributed by atoms with Crippen LogP contribution < -0.4 is 0 Å². The van der Waals surface area contributed by atoms with Crippen LogP contribution in [0.15, 0.2) is 22.7 Å². The first-order valence-electron chi connectivity index (χ1n) is 3.93. The molecule has 0 spiro atoms. The lowest BCUT2D eigenvalue weighted by molar-refractivity contribution is -0.115. The Hall–Kier alpha value is -0.660. The summed E-state index contributed by atoms with van der Waals surface area (Å²) in [7, 11) is 0. The van der Waals surface area contributed by atoms with E-state index < -0.39 is 0 Å². The molecule has 0 aliphatic carbocycles. The topological polar surface area (TPSA) is 40.9 Å². The highest BCUT2D eigenvalue weighted by Gasteiger charge is 2.06. The number of ketones is 1. The highest BCUT2D eigenvalue weighted by molar-refractivity contribution is 9.10. The van der Waals surface area contributed by atoms with Gasteiger partial charge in [0, 0.05) is 10.9 Å². The van der Waals surface area contributed by atoms with Crippen molar-refractivity contribution in [2.45, 2.75) is 6.42 Å². The molecule has 14 heavy (non-hydrogen) atoms. The fourth-order valence-electron chi connectivity index (χ4n) is 1.04. The van der Waals surface area contributed by atoms with Crippen LogP contribution >= 0.6 is 31.9 Å². The summed E-state index contributed by atoms with van der Waals surface area (Å²) in [5.41, 5.74) is 1.43. The smallest absolute Gasteiger partial charge is 0.147 e. The van der Waals surface area contributed by atoms with Gasteiger partial charge in [-0.2, -0.15) is 5.26 Å². The predicted molar refractivity (Wildman–Crippen MR) is 61.4 cm³/mol. The Morgan fingerprint density at radius 1 is 1.50 bits per heavy atom. The minimum atomic E-state index is 0.0980. The van der Waals surface area contributed by atoms with Crippen LogP contribution in [-0.4, -0.2) is 11.1 Å². The Balaban J connectivity index is 2.96. The summed E-state index contributed by atoms with van der Waals surface area (Å²) in [6.45, 7) is 0. The number of alkyl halides is 1. The molecule has 1 rings (SSSR count). The first-order valence-corrected chi connectivity index (χ1v) is 5.85. The van der Waals surface area contributed by atoms with Crippen molar-refractivity contribution >= 4 is 37.6 Å². The minimum Gasteiger partial charge on any atom is -0.298 e. The SMILES string of the molecule is N#Cc1ccc(Br)c(CC(=O)CBr)c1. The van der Waals surface area contributed by atoms with Gasteiger partial charge in [-0.05, 0) is 23.8 Å². The fraction of sp³-hybridized carbons (Fsp3) is 0.200. The molecule has 0 fully saturated rings. The fourth-order valence-corrected chi connectivity index (χ4v) is 1.62. The molecule has 72 valence electrons. The molecular formula is C10H7Br2NO. The Labute approximate surface area is 99.2 Å². The number of halogens is 2. The van der Waals surface area contributed by atoms with Gasteiger partial charge in [0.15, 0.2) is 0 Å². The van der Waals surface area contributed by atoms with Crippen molar-refractivity contribution in [3.05, 3.63) is 33.8 Å². The van der Waals surface area contributed by atoms with Crippen molar-refractivity contribution in [3.8, 4) is 6.07 Å². The van der Waals surface area contributed by atoms with Gasteiger partial charge in [0.05, 0.1) is 17.0 Å². The van der Waals surface area contributed by atoms with Crippen LogP contribution in [0.2, 0.25) is 0 Å². The molecule has 0 radical (unpaired) electrons. The number of nitrogens with zero attached hydrogens (tertiary/aromatic N) is 1. The quantitative estimate of drug-likeness (QED) is 0.805. The lowest BCUT2D eigenvalue weighted by Gasteiger charge is -2.02. The molecule has 0 bridgehead atoms. The van der Waals surface area contributed by atoms with Crippen molar-refractivity contribution in [1.29, 1.82) is 5.26 Å². The summed E-state index contributed by atoms with van der Waals surface area (Å²) in [6.07, 6.45) is 0.349. The minimum absolute atomic E-state index is 0.0980. The lowest BCUT2D eigenvalue weighted by Crippen LogP contribution is -2.04. The maximum absolute atomic E-state index is 11.2. The van der Waals surface area contributed by atoms with E-state index in [-0.39, 0.29) is 5.78 Å². The van der Waals surface area contributed by atoms with Gasteiger partial charge in [-0.15, -0.1) is 0 Å². The monoisotopic (exact) mass is 315 g/mol. The maximum atomic E-state index is 11.2. The van der Waals surface area contributed by atoms with Crippen LogP contribution in [0.3, 0.4) is 0 Å². The number of hydrogen-bond donors (Lipinski definition) is 0. The molecule has 0 aliphatic rings. The molecule has 1 aromatic rings. The van der Waals surface area contributed by atoms with Crippen LogP contribution in [0.4, 0.5) is 0 Å². The van der Waals surface area contributed by atoms with Crippen LogP contribution in [0.1, 0.15) is 11.1 Å². The summed E-state index contributed by atoms with van der Waals surface area (Å²) in [5, 5.41) is 9.03. The third-order valence-corrected chi connectivity index (χ3v) is 3.11. The summed E-state index contributed by atoms with van der Waals surface area (Å²) in [5.74, 6) is 0.0980. The molecule has 0 amide bonds. The number of Topliss-reactive ketones (excluding diaryl/α,β-unsaturated/α-hetero) is 1. The van der Waals surface area contributed by atoms with Gasteiger partial charge in [0.2, 0.25) is 0 Å². The van der Waals surface area contributed by atoms with E-state index in [9.17, 15) is 4.79 Å². The number of carbonyl (C=O) groups is 1. The van der Waals surface area contributed by atoms with E-state index >= 15 is 0 Å². The molecule has 4 heteroatoms. The Morgan fingerprint density at radius 3 is 2.79 bits per heavy atom. The highest BCUT2D eigenvalue weighted by Crippen LogP contribution is 2.19. The van der Waals surface area contributed by atoms with Crippen LogP contribution in [-0.2, 0) is 11.2 Å². The van der Waals surface area contributed by atoms with E-state index in [1.165, 1.54) is 0 Å². The van der Waals surface area contributed by atoms with Gasteiger partial charge in [0.1, 0.15) is 5.78 Å². The number of nitriles is 1. The first kappa shape index (κ1) is 11.4. The third kappa shape index (κ3) is 2.93. The Bertz CT molecular complexity index is 396. The zero-order valence-electron chi connectivity index (χ0n) is 7.26. The molecule has 2 nitrogen and oxygen atoms in total. The second kappa shape index (κ2) is 5.28. The Kier molecular flexibility index (Phi) is 4.30. The van der Waals surface area contributed by atoms with Crippen molar-refractivity contribution in [3.63, 3.8) is 0 Å². The standard InChI is InChI=1S/C10H7Br2NO/c11-5-9(14)4-8-3-7(6-13)1-2-10(8)12/h1-3H,4-5H2. The predicted octanol–water partition coefficient (Wildman–Crippen LogP) is 2.83. The molecule has 0 saturated carbocycles. The molecule has 0 N–H and O–H groups in total. The second-order valence-corrected chi connectivity index (χ2v) is 4.18. The van der Waals surface area contributed by atoms with Crippen LogP contribution in [0, 0.1) is 11.3 Å². The average molecular weight is 317 g/mol. The largest absolute Gasteiger partial charge is 0.298 e. The number of rotatable bonds is 3. The highest BCUT2D eigenvalue weighted by atomic mass is 79.9. The van der Waals surface area contributed by atoms with E-state index in [4.69, 9.17) is 5.26 Å². The molecule has 0 atom stereocenters. The Morgan fingerprint density at radius 2 is 2.21 bits per heavy atom. The van der Waals surface area contributed by atoms with E-state index in [0.717, 1.165) is 10.0 Å². The van der Waals surface area contributed by atoms with Crippen molar-refractivity contribution in [1.82, 2.24) is 0 Å². The van der Waals surface area contributed by atoms with Gasteiger partial charge in [0.25, 0.3) is 0 Å². The third-order valence-electron chi connectivity index (χ3n) is 1.71. The van der Waals surface area contributed by atoms with Gasteiger partial charge < -0.3 is 0 Å². The molecule has 1 aromatic carbocycles. The van der Waals surface area contributed by atoms with E-state index in [1.54, 1.807) is 18.2 Å². The zero-order valence-corrected chi connectivity index (χ0v) is 10.4. The van der Waals surface area contributed by atoms with Crippen molar-refractivity contribution in [2.75, 3.05) is 5.33 Å². The first-order chi connectivity index (χ1) is 6.67. The van der Waals surface area contributed by atoms with E-state index in [1.807, 2.05) is 6.07 Å². The second-order valence-electron chi connectivity index (χ2n) is 2.77. The van der Waals surface area contributed by atoms with Gasteiger partial charge in [-0.25, -0.2) is 0 Å². The molecule has 0 aromatic heterocycles. The zero-order chi connectivity index (χ0) is 10.6. The molecule has 0 saturated heterocycles. The van der Waals surface area contributed by atoms with Gasteiger partial charge >= 0.3 is 0 Å². The van der Waals surface area contributed by atoms with Crippen LogP contribution in [0.5, 0.6) is 0 Å². The van der Waals surface area contributed by atoms with E-state index in [2.05, 4.69) is 31.9 Å². The number of benzene rings is 1. The number of hydrogen-bond acceptors (Lipinski definition) is 2. The average Bonchev–Trinajstić information content (AvgIpc) is 2.21. The molecule has 0 unspecified atom stereocenters. The normalized spacial score (nSPS) is 9.50. The van der Waals surface area contributed by atoms with Gasteiger partial charge in [-0.3, -0.25) is 4.79 Å². The summed E-state index contributed by atoms with van der Waals surface area (Å²) in [4.78, 5) is 11.2. The van der Waals surface area contributed by atoms with E-state index in [0.29, 0.717) is 17.3 Å². The molecule has 0 aliphatic heterocycles. The summed E-state index contributed by atoms with van der Waals surface area (Å²) >= 11 is 6.44.